The summed E-state index contributed by atoms with van der Waals surface area (Å²) in [5, 5.41) is 0. The van der Waals surface area contributed by atoms with Crippen molar-refractivity contribution in [2.45, 2.75) is 54.0 Å². The fourth-order valence-corrected chi connectivity index (χ4v) is 2.90. The molecule has 84 valence electrons. The normalized spacial score (nSPS) is 26.7. The molecule has 1 heteroatoms. The predicted molar refractivity (Wildman–Crippen MR) is 65.3 cm³/mol. The summed E-state index contributed by atoms with van der Waals surface area (Å²) in [5.41, 5.74) is 3.89. The Morgan fingerprint density at radius 1 is 1.13 bits per heavy atom. The molecule has 1 nitrogen and oxygen atoms in total. The van der Waals surface area contributed by atoms with Gasteiger partial charge in [0.15, 0.2) is 0 Å². The second-order valence-corrected chi connectivity index (χ2v) is 6.17. The summed E-state index contributed by atoms with van der Waals surface area (Å²) in [5.74, 6) is 0. The Bertz CT molecular complexity index is 342. The van der Waals surface area contributed by atoms with E-state index in [1.54, 1.807) is 11.3 Å². The number of hydrogen-bond donors (Lipinski definition) is 0. The molecule has 0 aromatic heterocycles. The van der Waals surface area contributed by atoms with Gasteiger partial charge in [-0.2, -0.15) is 0 Å². The summed E-state index contributed by atoms with van der Waals surface area (Å²) >= 11 is 0. The van der Waals surface area contributed by atoms with Crippen LogP contribution in [-0.2, 0) is 0 Å². The highest BCUT2D eigenvalue weighted by Crippen LogP contribution is 2.63. The van der Waals surface area contributed by atoms with E-state index in [-0.39, 0.29) is 0 Å². The largest absolute Gasteiger partial charge is 0.349 e. The lowest BCUT2D eigenvalue weighted by molar-refractivity contribution is 0.0781. The number of rotatable bonds is 1. The second kappa shape index (κ2) is 2.90. The molecule has 0 fully saturated rings. The van der Waals surface area contributed by atoms with Crippen molar-refractivity contribution in [1.29, 1.82) is 0 Å². The summed E-state index contributed by atoms with van der Waals surface area (Å²) < 4.78 is 0. The summed E-state index contributed by atoms with van der Waals surface area (Å²) in [4.78, 5) is 2.45. The fraction of sp³-hybridized carbons (Fsp3) is 0.714. The minimum atomic E-state index is 0.317. The van der Waals surface area contributed by atoms with Crippen LogP contribution in [0, 0.1) is 10.8 Å². The third-order valence-electron chi connectivity index (χ3n) is 4.60. The highest BCUT2D eigenvalue weighted by atomic mass is 15.2. The first-order valence-corrected chi connectivity index (χ1v) is 5.99. The van der Waals surface area contributed by atoms with E-state index in [9.17, 15) is 0 Å². The van der Waals surface area contributed by atoms with Gasteiger partial charge in [0.1, 0.15) is 0 Å². The Hall–Kier alpha value is -0.720. The monoisotopic (exact) mass is 205 g/mol. The van der Waals surface area contributed by atoms with E-state index in [2.05, 4.69) is 58.7 Å². The van der Waals surface area contributed by atoms with Gasteiger partial charge in [0.05, 0.1) is 0 Å². The molecule has 2 rings (SSSR count). The molecule has 0 N–H and O–H groups in total. The summed E-state index contributed by atoms with van der Waals surface area (Å²) in [6, 6.07) is 0.571. The van der Waals surface area contributed by atoms with Crippen molar-refractivity contribution in [3.05, 3.63) is 23.5 Å². The van der Waals surface area contributed by atoms with Crippen LogP contribution in [0.3, 0.4) is 0 Å². The van der Waals surface area contributed by atoms with E-state index in [0.717, 1.165) is 6.42 Å². The topological polar surface area (TPSA) is 3.24 Å². The predicted octanol–water partition coefficient (Wildman–Crippen LogP) is 3.93. The zero-order valence-corrected chi connectivity index (χ0v) is 10.9. The number of nitrogens with zero attached hydrogens (tertiary/aromatic N) is 1. The molecule has 1 aliphatic heterocycles. The van der Waals surface area contributed by atoms with Gasteiger partial charge in [0.2, 0.25) is 0 Å². The molecule has 0 aromatic carbocycles. The molecule has 0 bridgehead atoms. The summed E-state index contributed by atoms with van der Waals surface area (Å²) in [6.07, 6.45) is 5.71. The Labute approximate surface area is 93.9 Å². The molecule has 15 heavy (non-hydrogen) atoms. The van der Waals surface area contributed by atoms with Crippen LogP contribution in [0.4, 0.5) is 0 Å². The van der Waals surface area contributed by atoms with Crippen LogP contribution >= 0.6 is 0 Å². The third-order valence-corrected chi connectivity index (χ3v) is 4.60. The molecule has 1 heterocycles. The zero-order valence-electron chi connectivity index (χ0n) is 10.9. The van der Waals surface area contributed by atoms with E-state index in [1.165, 1.54) is 0 Å². The van der Waals surface area contributed by atoms with Gasteiger partial charge in [-0.3, -0.25) is 0 Å². The molecule has 0 aromatic rings. The van der Waals surface area contributed by atoms with E-state index in [0.29, 0.717) is 16.9 Å². The van der Waals surface area contributed by atoms with Gasteiger partial charge in [-0.05, 0) is 31.3 Å². The van der Waals surface area contributed by atoms with Gasteiger partial charge in [-0.15, -0.1) is 0 Å². The smallest absolute Gasteiger partial charge is 0.0276 e. The highest BCUT2D eigenvalue weighted by molar-refractivity contribution is 5.44. The van der Waals surface area contributed by atoms with Crippen molar-refractivity contribution in [2.75, 3.05) is 0 Å². The lowest BCUT2D eigenvalue weighted by Gasteiger charge is -2.60. The average Bonchev–Trinajstić information content (AvgIpc) is 2.16. The highest BCUT2D eigenvalue weighted by Gasteiger charge is 2.55. The van der Waals surface area contributed by atoms with Gasteiger partial charge >= 0.3 is 0 Å². The zero-order chi connectivity index (χ0) is 11.4. The molecular formula is C14H23N. The Balaban J connectivity index is 2.44. The van der Waals surface area contributed by atoms with Crippen molar-refractivity contribution < 1.29 is 0 Å². The molecule has 0 radical (unpaired) electrons. The van der Waals surface area contributed by atoms with Crippen molar-refractivity contribution in [2.24, 2.45) is 10.8 Å². The minimum absolute atomic E-state index is 0.317. The van der Waals surface area contributed by atoms with Crippen LogP contribution in [0.5, 0.6) is 0 Å². The van der Waals surface area contributed by atoms with Crippen LogP contribution in [0.2, 0.25) is 0 Å². The van der Waals surface area contributed by atoms with Gasteiger partial charge in [0, 0.05) is 23.4 Å². The molecule has 2 aliphatic rings. The van der Waals surface area contributed by atoms with Crippen LogP contribution in [0.15, 0.2) is 23.5 Å². The molecule has 0 saturated heterocycles. The second-order valence-electron chi connectivity index (χ2n) is 6.17. The Morgan fingerprint density at radius 2 is 1.73 bits per heavy atom. The Morgan fingerprint density at radius 3 is 2.27 bits per heavy atom. The molecule has 0 atom stereocenters. The van der Waals surface area contributed by atoms with E-state index >= 15 is 0 Å². The van der Waals surface area contributed by atoms with Crippen LogP contribution in [0.1, 0.15) is 48.0 Å². The van der Waals surface area contributed by atoms with Crippen molar-refractivity contribution in [3.8, 4) is 0 Å². The molecule has 0 amide bonds. The quantitative estimate of drug-likeness (QED) is 0.627. The number of allylic oxidation sites excluding steroid dienone is 3. The van der Waals surface area contributed by atoms with Gasteiger partial charge < -0.3 is 4.90 Å². The molecule has 1 aliphatic carbocycles. The molecule has 0 saturated carbocycles. The maximum atomic E-state index is 2.45. The van der Waals surface area contributed by atoms with Crippen LogP contribution in [-0.4, -0.2) is 10.9 Å². The van der Waals surface area contributed by atoms with Crippen molar-refractivity contribution >= 4 is 0 Å². The molecule has 0 unspecified atom stereocenters. The third kappa shape index (κ3) is 1.15. The summed E-state index contributed by atoms with van der Waals surface area (Å²) in [7, 11) is 0. The number of hydrogen-bond acceptors (Lipinski definition) is 1. The van der Waals surface area contributed by atoms with Crippen molar-refractivity contribution in [3.63, 3.8) is 0 Å². The molecule has 0 spiro atoms. The average molecular weight is 205 g/mol. The lowest BCUT2D eigenvalue weighted by atomic mass is 9.50. The van der Waals surface area contributed by atoms with E-state index < -0.39 is 0 Å². The molecular weight excluding hydrogens is 182 g/mol. The minimum Gasteiger partial charge on any atom is -0.349 e. The SMILES string of the molecule is CC(C)N1C=CCC2=C1C(C)(C)C2(C)C. The first-order chi connectivity index (χ1) is 6.80. The van der Waals surface area contributed by atoms with Gasteiger partial charge in [0.25, 0.3) is 0 Å². The standard InChI is InChI=1S/C14H23N/c1-10(2)15-9-7-8-11-12(15)14(5,6)13(11,3)4/h7,9-10H,8H2,1-6H3. The maximum absolute atomic E-state index is 2.45. The van der Waals surface area contributed by atoms with E-state index in [4.69, 9.17) is 0 Å². The fourth-order valence-electron chi connectivity index (χ4n) is 2.90. The lowest BCUT2D eigenvalue weighted by Crippen LogP contribution is -2.53. The van der Waals surface area contributed by atoms with Crippen LogP contribution in [0.25, 0.3) is 0 Å². The Kier molecular flexibility index (Phi) is 2.09. The first kappa shape index (κ1) is 10.8. The van der Waals surface area contributed by atoms with Gasteiger partial charge in [-0.25, -0.2) is 0 Å². The van der Waals surface area contributed by atoms with E-state index in [1.807, 2.05) is 0 Å². The van der Waals surface area contributed by atoms with Crippen LogP contribution < -0.4 is 0 Å². The first-order valence-electron chi connectivity index (χ1n) is 5.99. The van der Waals surface area contributed by atoms with Crippen molar-refractivity contribution in [1.82, 2.24) is 4.90 Å². The maximum Gasteiger partial charge on any atom is 0.0276 e. The van der Waals surface area contributed by atoms with Gasteiger partial charge in [-0.1, -0.05) is 33.8 Å². The summed E-state index contributed by atoms with van der Waals surface area (Å²) in [6.45, 7) is 14.0.